The Morgan fingerprint density at radius 1 is 0.920 bits per heavy atom. The van der Waals surface area contributed by atoms with E-state index < -0.39 is 20.0 Å². The number of primary sulfonamides is 1. The Hall–Kier alpha value is -2.30. The van der Waals surface area contributed by atoms with Crippen molar-refractivity contribution in [2.45, 2.75) is 16.7 Å². The summed E-state index contributed by atoms with van der Waals surface area (Å²) < 4.78 is 60.7. The summed E-state index contributed by atoms with van der Waals surface area (Å²) in [5.74, 6) is 0.632. The fourth-order valence-electron chi connectivity index (χ4n) is 2.17. The van der Waals surface area contributed by atoms with Gasteiger partial charge >= 0.3 is 0 Å². The van der Waals surface area contributed by atoms with Crippen molar-refractivity contribution in [2.75, 3.05) is 18.9 Å². The summed E-state index contributed by atoms with van der Waals surface area (Å²) in [6.45, 7) is 1.56. The van der Waals surface area contributed by atoms with Gasteiger partial charge in [-0.3, -0.25) is 4.72 Å². The van der Waals surface area contributed by atoms with Crippen molar-refractivity contribution >= 4 is 25.7 Å². The van der Waals surface area contributed by atoms with Crippen LogP contribution in [-0.4, -0.2) is 31.1 Å². The molecule has 0 fully saturated rings. The maximum atomic E-state index is 12.5. The Morgan fingerprint density at radius 2 is 1.56 bits per heavy atom. The van der Waals surface area contributed by atoms with Crippen LogP contribution in [0.4, 0.5) is 5.69 Å². The molecule has 0 aliphatic heterocycles. The standard InChI is InChI=1S/C15H18N2O6S2/c1-10-4-5-11(8-15(10)24(16,18)19)17-25(20,21)12-6-7-13(22-2)14(9-12)23-3/h4-9,17H,1-3H3,(H2,16,18,19). The molecule has 2 aromatic carbocycles. The van der Waals surface area contributed by atoms with E-state index in [0.29, 0.717) is 11.3 Å². The summed E-state index contributed by atoms with van der Waals surface area (Å²) >= 11 is 0. The minimum Gasteiger partial charge on any atom is -0.493 e. The van der Waals surface area contributed by atoms with Crippen molar-refractivity contribution in [3.8, 4) is 11.5 Å². The van der Waals surface area contributed by atoms with Crippen molar-refractivity contribution in [3.05, 3.63) is 42.0 Å². The van der Waals surface area contributed by atoms with E-state index in [-0.39, 0.29) is 21.2 Å². The molecule has 3 N–H and O–H groups in total. The Labute approximate surface area is 146 Å². The van der Waals surface area contributed by atoms with Crippen LogP contribution in [0.3, 0.4) is 0 Å². The Kier molecular flexibility index (Phi) is 5.26. The Bertz CT molecular complexity index is 1000. The summed E-state index contributed by atoms with van der Waals surface area (Å²) in [6.07, 6.45) is 0. The molecule has 8 nitrogen and oxygen atoms in total. The summed E-state index contributed by atoms with van der Waals surface area (Å²) in [5, 5.41) is 5.14. The number of benzene rings is 2. The van der Waals surface area contributed by atoms with Gasteiger partial charge < -0.3 is 9.47 Å². The van der Waals surface area contributed by atoms with E-state index in [2.05, 4.69) is 4.72 Å². The van der Waals surface area contributed by atoms with Gasteiger partial charge in [-0.15, -0.1) is 0 Å². The van der Waals surface area contributed by atoms with E-state index in [9.17, 15) is 16.8 Å². The van der Waals surface area contributed by atoms with E-state index in [1.165, 1.54) is 50.6 Å². The zero-order valence-electron chi connectivity index (χ0n) is 13.8. The molecule has 0 aliphatic carbocycles. The van der Waals surface area contributed by atoms with Crippen molar-refractivity contribution in [2.24, 2.45) is 5.14 Å². The molecule has 2 aromatic rings. The first-order valence-electron chi connectivity index (χ1n) is 6.97. The zero-order chi connectivity index (χ0) is 18.8. The van der Waals surface area contributed by atoms with Crippen LogP contribution in [0.5, 0.6) is 11.5 Å². The van der Waals surface area contributed by atoms with Crippen LogP contribution in [0.1, 0.15) is 5.56 Å². The highest BCUT2D eigenvalue weighted by Gasteiger charge is 2.19. The van der Waals surface area contributed by atoms with Crippen LogP contribution >= 0.6 is 0 Å². The second-order valence-corrected chi connectivity index (χ2v) is 8.36. The monoisotopic (exact) mass is 386 g/mol. The lowest BCUT2D eigenvalue weighted by molar-refractivity contribution is 0.354. The minimum absolute atomic E-state index is 0.0668. The lowest BCUT2D eigenvalue weighted by atomic mass is 10.2. The molecule has 0 spiro atoms. The Morgan fingerprint density at radius 3 is 2.12 bits per heavy atom. The summed E-state index contributed by atoms with van der Waals surface area (Å²) in [5.41, 5.74) is 0.487. The first-order chi connectivity index (χ1) is 11.6. The highest BCUT2D eigenvalue weighted by atomic mass is 32.2. The topological polar surface area (TPSA) is 125 Å². The van der Waals surface area contributed by atoms with Crippen molar-refractivity contribution in [1.29, 1.82) is 0 Å². The number of rotatable bonds is 6. The summed E-state index contributed by atoms with van der Waals surface area (Å²) in [7, 11) is -5.11. The van der Waals surface area contributed by atoms with Crippen LogP contribution in [0, 0.1) is 6.92 Å². The van der Waals surface area contributed by atoms with Gasteiger partial charge in [-0.1, -0.05) is 6.07 Å². The smallest absolute Gasteiger partial charge is 0.262 e. The fourth-order valence-corrected chi connectivity index (χ4v) is 4.04. The van der Waals surface area contributed by atoms with Crippen molar-refractivity contribution < 1.29 is 26.3 Å². The van der Waals surface area contributed by atoms with Gasteiger partial charge in [0.25, 0.3) is 10.0 Å². The first-order valence-corrected chi connectivity index (χ1v) is 10.00. The molecule has 0 unspecified atom stereocenters. The zero-order valence-corrected chi connectivity index (χ0v) is 15.4. The van der Waals surface area contributed by atoms with Crippen molar-refractivity contribution in [3.63, 3.8) is 0 Å². The number of anilines is 1. The van der Waals surface area contributed by atoms with Gasteiger partial charge in [-0.2, -0.15) is 0 Å². The van der Waals surface area contributed by atoms with Crippen LogP contribution in [-0.2, 0) is 20.0 Å². The number of aryl methyl sites for hydroxylation is 1. The quantitative estimate of drug-likeness (QED) is 0.774. The number of nitrogens with one attached hydrogen (secondary N) is 1. The van der Waals surface area contributed by atoms with Crippen LogP contribution in [0.15, 0.2) is 46.2 Å². The normalized spacial score (nSPS) is 11.8. The third-order valence-corrected chi connectivity index (χ3v) is 5.84. The first kappa shape index (κ1) is 19.0. The molecule has 25 heavy (non-hydrogen) atoms. The minimum atomic E-state index is -3.97. The highest BCUT2D eigenvalue weighted by molar-refractivity contribution is 7.92. The van der Waals surface area contributed by atoms with Crippen LogP contribution in [0.25, 0.3) is 0 Å². The molecule has 136 valence electrons. The lowest BCUT2D eigenvalue weighted by Gasteiger charge is -2.13. The fraction of sp³-hybridized carbons (Fsp3) is 0.200. The molecule has 0 bridgehead atoms. The average Bonchev–Trinajstić information content (AvgIpc) is 2.54. The van der Waals surface area contributed by atoms with Gasteiger partial charge in [0, 0.05) is 6.07 Å². The van der Waals surface area contributed by atoms with Gasteiger partial charge in [-0.05, 0) is 36.8 Å². The molecule has 0 saturated heterocycles. The molecule has 0 heterocycles. The third kappa shape index (κ3) is 4.21. The van der Waals surface area contributed by atoms with E-state index in [0.717, 1.165) is 0 Å². The largest absolute Gasteiger partial charge is 0.493 e. The van der Waals surface area contributed by atoms with Gasteiger partial charge in [-0.25, -0.2) is 22.0 Å². The molecular weight excluding hydrogens is 368 g/mol. The van der Waals surface area contributed by atoms with Gasteiger partial charge in [0.05, 0.1) is 29.7 Å². The molecule has 0 radical (unpaired) electrons. The molecule has 0 amide bonds. The average molecular weight is 386 g/mol. The van der Waals surface area contributed by atoms with E-state index in [1.54, 1.807) is 6.92 Å². The number of hydrogen-bond donors (Lipinski definition) is 2. The van der Waals surface area contributed by atoms with Crippen LogP contribution < -0.4 is 19.3 Å². The van der Waals surface area contributed by atoms with Crippen molar-refractivity contribution in [1.82, 2.24) is 0 Å². The van der Waals surface area contributed by atoms with Crippen LogP contribution in [0.2, 0.25) is 0 Å². The van der Waals surface area contributed by atoms with Gasteiger partial charge in [0.15, 0.2) is 11.5 Å². The highest BCUT2D eigenvalue weighted by Crippen LogP contribution is 2.30. The molecule has 10 heteroatoms. The maximum absolute atomic E-state index is 12.5. The van der Waals surface area contributed by atoms with E-state index in [1.807, 2.05) is 0 Å². The second kappa shape index (κ2) is 6.90. The predicted octanol–water partition coefficient (Wildman–Crippen LogP) is 1.46. The SMILES string of the molecule is COc1ccc(S(=O)(=O)Nc2ccc(C)c(S(N)(=O)=O)c2)cc1OC. The molecule has 2 rings (SSSR count). The summed E-state index contributed by atoms with van der Waals surface area (Å²) in [4.78, 5) is -0.220. The maximum Gasteiger partial charge on any atom is 0.262 e. The van der Waals surface area contributed by atoms with Gasteiger partial charge in [0.2, 0.25) is 10.0 Å². The number of nitrogens with two attached hydrogens (primary N) is 1. The lowest BCUT2D eigenvalue weighted by Crippen LogP contribution is -2.16. The molecule has 0 aliphatic rings. The number of sulfonamides is 2. The van der Waals surface area contributed by atoms with E-state index >= 15 is 0 Å². The number of hydrogen-bond acceptors (Lipinski definition) is 6. The predicted molar refractivity (Wildman–Crippen MR) is 92.9 cm³/mol. The molecule has 0 aromatic heterocycles. The number of ether oxygens (including phenoxy) is 2. The molecule has 0 atom stereocenters. The summed E-state index contributed by atoms with van der Waals surface area (Å²) in [6, 6.07) is 8.18. The Balaban J connectivity index is 2.43. The number of methoxy groups -OCH3 is 2. The molecular formula is C15H18N2O6S2. The third-order valence-electron chi connectivity index (χ3n) is 3.41. The van der Waals surface area contributed by atoms with Gasteiger partial charge in [0.1, 0.15) is 0 Å². The second-order valence-electron chi connectivity index (χ2n) is 5.15. The molecule has 0 saturated carbocycles. The van der Waals surface area contributed by atoms with E-state index in [4.69, 9.17) is 14.6 Å².